The lowest BCUT2D eigenvalue weighted by Gasteiger charge is -2.29. The highest BCUT2D eigenvalue weighted by Crippen LogP contribution is 2.42. The van der Waals surface area contributed by atoms with Crippen LogP contribution in [-0.4, -0.2) is 39.0 Å². The molecule has 0 spiro atoms. The van der Waals surface area contributed by atoms with Gasteiger partial charge in [0.15, 0.2) is 0 Å². The average molecular weight is 389 g/mol. The summed E-state index contributed by atoms with van der Waals surface area (Å²) >= 11 is 0. The number of alkyl halides is 3. The summed E-state index contributed by atoms with van der Waals surface area (Å²) in [4.78, 5) is 12.6. The van der Waals surface area contributed by atoms with E-state index in [1.165, 1.54) is 6.92 Å². The van der Waals surface area contributed by atoms with Gasteiger partial charge in [0.05, 0.1) is 12.2 Å². The first-order chi connectivity index (χ1) is 13.4. The smallest absolute Gasteiger partial charge is 0.431 e. The van der Waals surface area contributed by atoms with E-state index in [0.717, 1.165) is 10.1 Å². The molecule has 1 unspecified atom stereocenters. The lowest BCUT2D eigenvalue weighted by molar-refractivity contribution is -0.140. The Morgan fingerprint density at radius 3 is 2.71 bits per heavy atom. The summed E-state index contributed by atoms with van der Waals surface area (Å²) < 4.78 is 47.5. The van der Waals surface area contributed by atoms with Crippen LogP contribution in [0.1, 0.15) is 18.5 Å². The van der Waals surface area contributed by atoms with Crippen LogP contribution >= 0.6 is 0 Å². The first kappa shape index (κ1) is 18.0. The van der Waals surface area contributed by atoms with Gasteiger partial charge < -0.3 is 10.1 Å². The van der Waals surface area contributed by atoms with Gasteiger partial charge in [-0.05, 0) is 33.7 Å². The molecule has 0 saturated heterocycles. The Bertz CT molecular complexity index is 1080. The van der Waals surface area contributed by atoms with E-state index in [9.17, 15) is 18.0 Å². The van der Waals surface area contributed by atoms with Crippen molar-refractivity contribution in [2.75, 3.05) is 11.9 Å². The summed E-state index contributed by atoms with van der Waals surface area (Å²) in [5.41, 5.74) is -1.37. The van der Waals surface area contributed by atoms with Gasteiger partial charge >= 0.3 is 12.1 Å². The van der Waals surface area contributed by atoms with Crippen LogP contribution in [0.15, 0.2) is 53.7 Å². The standard InChI is InChI=1S/C18H14F3N5O2/c1-2-28-16(27)13-14(12-9-5-7-10-6-3-4-8-11(10)12)26-17(23-24-25-26)22-15(13)18(19,20)21/h3-9,14H,2H2,1H3,(H,22,23,25). The van der Waals surface area contributed by atoms with E-state index in [2.05, 4.69) is 20.8 Å². The number of nitrogens with one attached hydrogen (secondary N) is 1. The number of allylic oxidation sites excluding steroid dienone is 1. The van der Waals surface area contributed by atoms with Gasteiger partial charge in [-0.25, -0.2) is 4.79 Å². The topological polar surface area (TPSA) is 81.9 Å². The number of ether oxygens (including phenoxy) is 1. The minimum absolute atomic E-state index is 0.0712. The van der Waals surface area contributed by atoms with Crippen molar-refractivity contribution in [1.82, 2.24) is 20.2 Å². The van der Waals surface area contributed by atoms with Crippen molar-refractivity contribution in [2.45, 2.75) is 19.1 Å². The van der Waals surface area contributed by atoms with Crippen LogP contribution in [0.25, 0.3) is 10.8 Å². The fourth-order valence-electron chi connectivity index (χ4n) is 3.31. The third-order valence-electron chi connectivity index (χ3n) is 4.41. The van der Waals surface area contributed by atoms with E-state index in [0.29, 0.717) is 10.9 Å². The number of carbonyl (C=O) groups is 1. The number of tetrazole rings is 1. The molecule has 7 nitrogen and oxygen atoms in total. The van der Waals surface area contributed by atoms with Crippen LogP contribution in [0.4, 0.5) is 19.1 Å². The van der Waals surface area contributed by atoms with E-state index in [1.807, 2.05) is 18.2 Å². The molecule has 144 valence electrons. The van der Waals surface area contributed by atoms with Crippen molar-refractivity contribution >= 4 is 22.7 Å². The number of hydrogen-bond donors (Lipinski definition) is 1. The molecule has 0 saturated carbocycles. The van der Waals surface area contributed by atoms with E-state index in [4.69, 9.17) is 4.74 Å². The van der Waals surface area contributed by atoms with Gasteiger partial charge in [-0.15, -0.1) is 0 Å². The second-order valence-corrected chi connectivity index (χ2v) is 6.05. The molecule has 0 radical (unpaired) electrons. The summed E-state index contributed by atoms with van der Waals surface area (Å²) in [6.07, 6.45) is -4.83. The second kappa shape index (κ2) is 6.63. The molecule has 10 heteroatoms. The predicted molar refractivity (Wildman–Crippen MR) is 93.2 cm³/mol. The highest BCUT2D eigenvalue weighted by molar-refractivity contribution is 5.95. The summed E-state index contributed by atoms with van der Waals surface area (Å²) in [5, 5.41) is 14.5. The molecule has 1 aliphatic heterocycles. The number of halogens is 3. The molecule has 1 N–H and O–H groups in total. The molecule has 4 rings (SSSR count). The molecule has 1 atom stereocenters. The third-order valence-corrected chi connectivity index (χ3v) is 4.41. The zero-order chi connectivity index (χ0) is 19.9. The van der Waals surface area contributed by atoms with Crippen LogP contribution in [0, 0.1) is 0 Å². The molecule has 0 amide bonds. The number of hydrogen-bond acceptors (Lipinski definition) is 6. The maximum Gasteiger partial charge on any atom is 0.431 e. The molecular weight excluding hydrogens is 375 g/mol. The number of carbonyl (C=O) groups excluding carboxylic acids is 1. The zero-order valence-corrected chi connectivity index (χ0v) is 14.6. The van der Waals surface area contributed by atoms with Gasteiger partial charge in [0, 0.05) is 0 Å². The van der Waals surface area contributed by atoms with E-state index in [-0.39, 0.29) is 12.6 Å². The van der Waals surface area contributed by atoms with E-state index in [1.54, 1.807) is 24.3 Å². The number of aromatic nitrogens is 4. The van der Waals surface area contributed by atoms with Crippen molar-refractivity contribution in [3.63, 3.8) is 0 Å². The first-order valence-electron chi connectivity index (χ1n) is 8.43. The summed E-state index contributed by atoms with van der Waals surface area (Å²) in [6, 6.07) is 11.2. The van der Waals surface area contributed by atoms with Crippen molar-refractivity contribution in [3.8, 4) is 0 Å². The number of nitrogens with zero attached hydrogens (tertiary/aromatic N) is 4. The quantitative estimate of drug-likeness (QED) is 0.693. The summed E-state index contributed by atoms with van der Waals surface area (Å²) in [7, 11) is 0. The fraction of sp³-hybridized carbons (Fsp3) is 0.222. The predicted octanol–water partition coefficient (Wildman–Crippen LogP) is 3.22. The van der Waals surface area contributed by atoms with Gasteiger partial charge in [0.2, 0.25) is 5.95 Å². The highest BCUT2D eigenvalue weighted by atomic mass is 19.4. The third kappa shape index (κ3) is 2.86. The number of fused-ring (bicyclic) bond motifs is 2. The number of rotatable bonds is 3. The van der Waals surface area contributed by atoms with Crippen molar-refractivity contribution in [1.29, 1.82) is 0 Å². The Hall–Kier alpha value is -3.43. The molecule has 0 fully saturated rings. The monoisotopic (exact) mass is 389 g/mol. The van der Waals surface area contributed by atoms with Gasteiger partial charge in [-0.2, -0.15) is 17.9 Å². The summed E-state index contributed by atoms with van der Waals surface area (Å²) in [5.74, 6) is -1.29. The Labute approximate surface area is 156 Å². The fourth-order valence-corrected chi connectivity index (χ4v) is 3.31. The Balaban J connectivity index is 2.04. The van der Waals surface area contributed by atoms with Crippen LogP contribution < -0.4 is 5.32 Å². The van der Waals surface area contributed by atoms with Crippen LogP contribution in [0.2, 0.25) is 0 Å². The molecular formula is C18H14F3N5O2. The van der Waals surface area contributed by atoms with Crippen LogP contribution in [-0.2, 0) is 9.53 Å². The SMILES string of the molecule is CCOC(=O)C1=C(C(F)(F)F)Nc2nnnn2C1c1cccc2ccccc12. The lowest BCUT2D eigenvalue weighted by Crippen LogP contribution is -2.35. The number of benzene rings is 2. The molecule has 1 aromatic heterocycles. The van der Waals surface area contributed by atoms with Crippen molar-refractivity contribution < 1.29 is 22.7 Å². The number of esters is 1. The van der Waals surface area contributed by atoms with E-state index < -0.39 is 29.5 Å². The van der Waals surface area contributed by atoms with Gasteiger partial charge in [0.1, 0.15) is 11.7 Å². The minimum Gasteiger partial charge on any atom is -0.463 e. The Morgan fingerprint density at radius 1 is 1.21 bits per heavy atom. The van der Waals surface area contributed by atoms with E-state index >= 15 is 0 Å². The van der Waals surface area contributed by atoms with Gasteiger partial charge in [0.25, 0.3) is 0 Å². The second-order valence-electron chi connectivity index (χ2n) is 6.05. The maximum absolute atomic E-state index is 13.8. The summed E-state index contributed by atoms with van der Waals surface area (Å²) in [6.45, 7) is 1.45. The van der Waals surface area contributed by atoms with Gasteiger partial charge in [-0.1, -0.05) is 47.6 Å². The highest BCUT2D eigenvalue weighted by Gasteiger charge is 2.47. The van der Waals surface area contributed by atoms with Crippen LogP contribution in [0.5, 0.6) is 0 Å². The Morgan fingerprint density at radius 2 is 1.96 bits per heavy atom. The number of anilines is 1. The minimum atomic E-state index is -4.83. The zero-order valence-electron chi connectivity index (χ0n) is 14.6. The van der Waals surface area contributed by atoms with Gasteiger partial charge in [-0.3, -0.25) is 0 Å². The molecule has 0 bridgehead atoms. The first-order valence-corrected chi connectivity index (χ1v) is 8.43. The average Bonchev–Trinajstić information content (AvgIpc) is 3.14. The molecule has 2 heterocycles. The molecule has 2 aromatic carbocycles. The van der Waals surface area contributed by atoms with Crippen LogP contribution in [0.3, 0.4) is 0 Å². The molecule has 1 aliphatic rings. The lowest BCUT2D eigenvalue weighted by atomic mass is 9.91. The Kier molecular flexibility index (Phi) is 4.25. The van der Waals surface area contributed by atoms with Crippen molar-refractivity contribution in [2.24, 2.45) is 0 Å². The maximum atomic E-state index is 13.8. The van der Waals surface area contributed by atoms with Crippen molar-refractivity contribution in [3.05, 3.63) is 59.3 Å². The normalized spacial score (nSPS) is 16.6. The largest absolute Gasteiger partial charge is 0.463 e. The molecule has 28 heavy (non-hydrogen) atoms. The molecule has 3 aromatic rings. The molecule has 0 aliphatic carbocycles.